The van der Waals surface area contributed by atoms with Crippen molar-refractivity contribution in [1.82, 2.24) is 0 Å². The first-order valence-electron chi connectivity index (χ1n) is 7.39. The topological polar surface area (TPSA) is 32.7 Å². The molecule has 1 aromatic rings. The number of hydrogen-bond acceptors (Lipinski definition) is 3. The van der Waals surface area contributed by atoms with E-state index < -0.39 is 5.54 Å². The molecular weight excluding hydrogens is 255 g/mol. The Hall–Kier alpha value is -1.67. The summed E-state index contributed by atoms with van der Waals surface area (Å²) in [6, 6.07) is 4.92. The van der Waals surface area contributed by atoms with Gasteiger partial charge in [0.2, 0.25) is 6.08 Å². The van der Waals surface area contributed by atoms with Gasteiger partial charge >= 0.3 is 0 Å². The van der Waals surface area contributed by atoms with E-state index in [0.29, 0.717) is 0 Å². The maximum absolute atomic E-state index is 13.7. The summed E-state index contributed by atoms with van der Waals surface area (Å²) in [6.07, 6.45) is 7.74. The molecule has 20 heavy (non-hydrogen) atoms. The van der Waals surface area contributed by atoms with Gasteiger partial charge in [-0.05, 0) is 43.9 Å². The molecule has 1 saturated carbocycles. The number of rotatable bonds is 3. The third-order valence-electron chi connectivity index (χ3n) is 4.60. The van der Waals surface area contributed by atoms with E-state index in [4.69, 9.17) is 0 Å². The van der Waals surface area contributed by atoms with Gasteiger partial charge in [0, 0.05) is 24.3 Å². The predicted molar refractivity (Wildman–Crippen MR) is 76.1 cm³/mol. The van der Waals surface area contributed by atoms with Gasteiger partial charge < -0.3 is 4.90 Å². The molecule has 2 fully saturated rings. The van der Waals surface area contributed by atoms with Crippen molar-refractivity contribution < 1.29 is 9.18 Å². The van der Waals surface area contributed by atoms with Gasteiger partial charge in [-0.2, -0.15) is 4.99 Å². The number of hydrogen-bond donors (Lipinski definition) is 0. The van der Waals surface area contributed by atoms with Crippen molar-refractivity contribution in [1.29, 1.82) is 0 Å². The van der Waals surface area contributed by atoms with E-state index in [0.717, 1.165) is 50.0 Å². The second-order valence-corrected chi connectivity index (χ2v) is 5.80. The van der Waals surface area contributed by atoms with Gasteiger partial charge in [0.25, 0.3) is 0 Å². The highest BCUT2D eigenvalue weighted by atomic mass is 19.1. The van der Waals surface area contributed by atoms with Crippen LogP contribution in [0.2, 0.25) is 0 Å². The molecule has 3 nitrogen and oxygen atoms in total. The third kappa shape index (κ3) is 2.25. The van der Waals surface area contributed by atoms with Crippen molar-refractivity contribution in [2.75, 3.05) is 18.0 Å². The molecule has 106 valence electrons. The summed E-state index contributed by atoms with van der Waals surface area (Å²) in [4.78, 5) is 17.2. The SMILES string of the molecule is O=C=NC1(c2cc(F)ccc2N2CCCC2)CCCC1. The molecule has 0 atom stereocenters. The Morgan fingerprint density at radius 3 is 2.50 bits per heavy atom. The Balaban J connectivity index is 2.10. The average molecular weight is 274 g/mol. The van der Waals surface area contributed by atoms with Crippen LogP contribution in [0, 0.1) is 5.82 Å². The van der Waals surface area contributed by atoms with E-state index in [1.807, 2.05) is 6.07 Å². The van der Waals surface area contributed by atoms with E-state index >= 15 is 0 Å². The number of anilines is 1. The van der Waals surface area contributed by atoms with Crippen molar-refractivity contribution in [3.63, 3.8) is 0 Å². The fraction of sp³-hybridized carbons (Fsp3) is 0.562. The summed E-state index contributed by atoms with van der Waals surface area (Å²) < 4.78 is 13.7. The number of benzene rings is 1. The zero-order chi connectivity index (χ0) is 14.0. The molecule has 3 rings (SSSR count). The lowest BCUT2D eigenvalue weighted by Gasteiger charge is -2.30. The molecule has 0 amide bonds. The largest absolute Gasteiger partial charge is 0.371 e. The maximum Gasteiger partial charge on any atom is 0.235 e. The zero-order valence-electron chi connectivity index (χ0n) is 11.6. The quantitative estimate of drug-likeness (QED) is 0.624. The molecule has 1 aliphatic heterocycles. The number of carbonyl (C=O) groups excluding carboxylic acids is 1. The average Bonchev–Trinajstić information content (AvgIpc) is 3.10. The number of aliphatic imine (C=N–C) groups is 1. The van der Waals surface area contributed by atoms with Gasteiger partial charge in [0.1, 0.15) is 11.4 Å². The summed E-state index contributed by atoms with van der Waals surface area (Å²) in [5.41, 5.74) is 1.37. The fourth-order valence-electron chi connectivity index (χ4n) is 3.60. The highest BCUT2D eigenvalue weighted by molar-refractivity contribution is 5.58. The number of halogens is 1. The third-order valence-corrected chi connectivity index (χ3v) is 4.60. The molecule has 0 unspecified atom stereocenters. The molecule has 4 heteroatoms. The van der Waals surface area contributed by atoms with E-state index in [1.165, 1.54) is 18.9 Å². The minimum atomic E-state index is -0.554. The van der Waals surface area contributed by atoms with Gasteiger partial charge in [-0.15, -0.1) is 0 Å². The Bertz CT molecular complexity index is 539. The van der Waals surface area contributed by atoms with Crippen LogP contribution in [0.5, 0.6) is 0 Å². The lowest BCUT2D eigenvalue weighted by Crippen LogP contribution is -2.26. The molecule has 0 bridgehead atoms. The molecule has 1 saturated heterocycles. The van der Waals surface area contributed by atoms with Crippen LogP contribution in [0.25, 0.3) is 0 Å². The first-order chi connectivity index (χ1) is 9.75. The highest BCUT2D eigenvalue weighted by Crippen LogP contribution is 2.46. The molecule has 0 aromatic heterocycles. The maximum atomic E-state index is 13.7. The summed E-state index contributed by atoms with van der Waals surface area (Å²) in [6.45, 7) is 2.00. The monoisotopic (exact) mass is 274 g/mol. The van der Waals surface area contributed by atoms with Gasteiger partial charge in [-0.25, -0.2) is 9.18 Å². The molecule has 2 aliphatic rings. The van der Waals surface area contributed by atoms with Crippen LogP contribution in [-0.4, -0.2) is 19.2 Å². The van der Waals surface area contributed by atoms with Crippen LogP contribution in [-0.2, 0) is 10.3 Å². The van der Waals surface area contributed by atoms with Crippen LogP contribution in [0.15, 0.2) is 23.2 Å². The standard InChI is InChI=1S/C16H19FN2O/c17-13-5-6-15(19-9-3-4-10-19)14(11-13)16(18-12-20)7-1-2-8-16/h5-6,11H,1-4,7-10H2. The molecule has 0 spiro atoms. The van der Waals surface area contributed by atoms with Gasteiger partial charge in [0.15, 0.2) is 0 Å². The normalized spacial score (nSPS) is 20.9. The first kappa shape index (κ1) is 13.3. The van der Waals surface area contributed by atoms with Crippen LogP contribution in [0.4, 0.5) is 10.1 Å². The Morgan fingerprint density at radius 1 is 1.15 bits per heavy atom. The van der Waals surface area contributed by atoms with E-state index in [2.05, 4.69) is 9.89 Å². The lowest BCUT2D eigenvalue weighted by molar-refractivity contribution is 0.452. The van der Waals surface area contributed by atoms with E-state index in [-0.39, 0.29) is 5.82 Å². The van der Waals surface area contributed by atoms with Crippen LogP contribution < -0.4 is 4.90 Å². The minimum absolute atomic E-state index is 0.254. The molecule has 1 aromatic carbocycles. The second kappa shape index (κ2) is 5.37. The predicted octanol–water partition coefficient (Wildman–Crippen LogP) is 3.53. The fourth-order valence-corrected chi connectivity index (χ4v) is 3.60. The van der Waals surface area contributed by atoms with E-state index in [9.17, 15) is 9.18 Å². The van der Waals surface area contributed by atoms with Crippen LogP contribution in [0.3, 0.4) is 0 Å². The molecular formula is C16H19FN2O. The molecule has 0 radical (unpaired) electrons. The number of isocyanates is 1. The Labute approximate surface area is 118 Å². The zero-order valence-corrected chi connectivity index (χ0v) is 11.6. The van der Waals surface area contributed by atoms with Crippen molar-refractivity contribution in [3.05, 3.63) is 29.6 Å². The molecule has 1 heterocycles. The van der Waals surface area contributed by atoms with Crippen LogP contribution in [0.1, 0.15) is 44.1 Å². The summed E-state index contributed by atoms with van der Waals surface area (Å²) >= 11 is 0. The van der Waals surface area contributed by atoms with Gasteiger partial charge in [0.05, 0.1) is 0 Å². The smallest absolute Gasteiger partial charge is 0.235 e. The first-order valence-corrected chi connectivity index (χ1v) is 7.39. The minimum Gasteiger partial charge on any atom is -0.371 e. The van der Waals surface area contributed by atoms with E-state index in [1.54, 1.807) is 12.1 Å². The van der Waals surface area contributed by atoms with Crippen molar-refractivity contribution in [3.8, 4) is 0 Å². The number of nitrogens with zero attached hydrogens (tertiary/aromatic N) is 2. The Kier molecular flexibility index (Phi) is 3.58. The van der Waals surface area contributed by atoms with Gasteiger partial charge in [-0.1, -0.05) is 12.8 Å². The van der Waals surface area contributed by atoms with Crippen LogP contribution >= 0.6 is 0 Å². The van der Waals surface area contributed by atoms with Crippen molar-refractivity contribution >= 4 is 11.8 Å². The van der Waals surface area contributed by atoms with Crippen molar-refractivity contribution in [2.24, 2.45) is 4.99 Å². The summed E-state index contributed by atoms with van der Waals surface area (Å²) in [7, 11) is 0. The second-order valence-electron chi connectivity index (χ2n) is 5.80. The molecule has 1 aliphatic carbocycles. The highest BCUT2D eigenvalue weighted by Gasteiger charge is 2.38. The summed E-state index contributed by atoms with van der Waals surface area (Å²) in [5, 5.41) is 0. The lowest BCUT2D eigenvalue weighted by atomic mass is 9.87. The van der Waals surface area contributed by atoms with Crippen molar-refractivity contribution in [2.45, 2.75) is 44.1 Å². The van der Waals surface area contributed by atoms with Gasteiger partial charge in [-0.3, -0.25) is 0 Å². The summed E-state index contributed by atoms with van der Waals surface area (Å²) in [5.74, 6) is -0.254. The Morgan fingerprint density at radius 2 is 1.85 bits per heavy atom. The molecule has 0 N–H and O–H groups in total.